The average Bonchev–Trinajstić information content (AvgIpc) is 3.25. The lowest BCUT2D eigenvalue weighted by molar-refractivity contribution is 0.0684. The van der Waals surface area contributed by atoms with E-state index in [1.54, 1.807) is 53.5 Å². The van der Waals surface area contributed by atoms with Gasteiger partial charge in [-0.05, 0) is 49.4 Å². The maximum absolute atomic E-state index is 12.0. The molecule has 1 N–H and O–H groups in total. The molecule has 0 radical (unpaired) electrons. The summed E-state index contributed by atoms with van der Waals surface area (Å²) in [5, 5.41) is 10.6. The maximum atomic E-state index is 12.0. The van der Waals surface area contributed by atoms with E-state index >= 15 is 0 Å². The fourth-order valence-corrected chi connectivity index (χ4v) is 3.94. The summed E-state index contributed by atoms with van der Waals surface area (Å²) in [5.41, 5.74) is 3.81. The van der Waals surface area contributed by atoms with Crippen molar-refractivity contribution < 1.29 is 19.4 Å². The number of rotatable bonds is 8. The summed E-state index contributed by atoms with van der Waals surface area (Å²) in [5.74, 6) is 0.661. The Morgan fingerprint density at radius 2 is 1.80 bits per heavy atom. The number of ether oxygens (including phenoxy) is 2. The van der Waals surface area contributed by atoms with Crippen LogP contribution in [0.5, 0.6) is 17.4 Å². The number of carboxylic acids is 1. The van der Waals surface area contributed by atoms with E-state index in [9.17, 15) is 9.90 Å². The normalized spacial score (nSPS) is 10.9. The van der Waals surface area contributed by atoms with Crippen molar-refractivity contribution >= 4 is 16.9 Å². The Balaban J connectivity index is 1.34. The Kier molecular flexibility index (Phi) is 6.09. The SMILES string of the molecule is Cc1cccc(-c2nccc3c2cc(C(=O)O)n3CCOc2ccc(Oc3cnccn3)cc2)c1. The molecule has 174 valence electrons. The summed E-state index contributed by atoms with van der Waals surface area (Å²) in [6.07, 6.45) is 6.38. The van der Waals surface area contributed by atoms with E-state index in [0.717, 1.165) is 27.7 Å². The smallest absolute Gasteiger partial charge is 0.352 e. The van der Waals surface area contributed by atoms with Crippen molar-refractivity contribution in [2.24, 2.45) is 0 Å². The molecule has 2 aromatic carbocycles. The van der Waals surface area contributed by atoms with Crippen LogP contribution < -0.4 is 9.47 Å². The van der Waals surface area contributed by atoms with Crippen molar-refractivity contribution in [3.63, 3.8) is 0 Å². The molecular formula is C27H22N4O4. The summed E-state index contributed by atoms with van der Waals surface area (Å²) in [6, 6.07) is 18.7. The number of pyridine rings is 1. The van der Waals surface area contributed by atoms with Crippen LogP contribution in [-0.4, -0.2) is 37.2 Å². The molecule has 0 atom stereocenters. The summed E-state index contributed by atoms with van der Waals surface area (Å²) in [7, 11) is 0. The number of aromatic carboxylic acids is 1. The van der Waals surface area contributed by atoms with Gasteiger partial charge in [0.15, 0.2) is 0 Å². The maximum Gasteiger partial charge on any atom is 0.352 e. The quantitative estimate of drug-likeness (QED) is 0.328. The van der Waals surface area contributed by atoms with Crippen molar-refractivity contribution in [2.45, 2.75) is 13.5 Å². The lowest BCUT2D eigenvalue weighted by Gasteiger charge is -2.11. The second-order valence-electron chi connectivity index (χ2n) is 7.91. The van der Waals surface area contributed by atoms with Gasteiger partial charge in [-0.3, -0.25) is 9.97 Å². The van der Waals surface area contributed by atoms with Gasteiger partial charge in [0.1, 0.15) is 23.8 Å². The van der Waals surface area contributed by atoms with Crippen molar-refractivity contribution in [1.29, 1.82) is 0 Å². The van der Waals surface area contributed by atoms with Gasteiger partial charge in [-0.15, -0.1) is 0 Å². The van der Waals surface area contributed by atoms with Gasteiger partial charge in [-0.2, -0.15) is 0 Å². The molecule has 8 nitrogen and oxygen atoms in total. The van der Waals surface area contributed by atoms with E-state index in [0.29, 0.717) is 23.9 Å². The monoisotopic (exact) mass is 466 g/mol. The highest BCUT2D eigenvalue weighted by Crippen LogP contribution is 2.30. The minimum Gasteiger partial charge on any atom is -0.492 e. The Morgan fingerprint density at radius 3 is 2.54 bits per heavy atom. The van der Waals surface area contributed by atoms with Crippen LogP contribution in [-0.2, 0) is 6.54 Å². The molecule has 0 aliphatic rings. The third kappa shape index (κ3) is 4.81. The number of hydrogen-bond donors (Lipinski definition) is 1. The Morgan fingerprint density at radius 1 is 0.971 bits per heavy atom. The number of carboxylic acid groups (broad SMARTS) is 1. The molecule has 5 rings (SSSR count). The van der Waals surface area contributed by atoms with Crippen LogP contribution in [0.2, 0.25) is 0 Å². The average molecular weight is 466 g/mol. The van der Waals surface area contributed by atoms with E-state index in [-0.39, 0.29) is 12.3 Å². The van der Waals surface area contributed by atoms with Crippen LogP contribution in [0.1, 0.15) is 16.1 Å². The predicted octanol–water partition coefficient (Wildman–Crippen LogP) is 5.37. The summed E-state index contributed by atoms with van der Waals surface area (Å²) in [4.78, 5) is 24.6. The van der Waals surface area contributed by atoms with Crippen molar-refractivity contribution in [1.82, 2.24) is 19.5 Å². The molecule has 0 saturated heterocycles. The number of fused-ring (bicyclic) bond motifs is 1. The third-order valence-electron chi connectivity index (χ3n) is 5.51. The van der Waals surface area contributed by atoms with Gasteiger partial charge in [-0.1, -0.05) is 23.8 Å². The van der Waals surface area contributed by atoms with Crippen LogP contribution in [0, 0.1) is 6.92 Å². The fraction of sp³-hybridized carbons (Fsp3) is 0.111. The Hall–Kier alpha value is -4.72. The number of hydrogen-bond acceptors (Lipinski definition) is 6. The first kappa shape index (κ1) is 22.1. The standard InChI is InChI=1S/C27H22N4O4/c1-18-3-2-4-19(15-18)26-22-16-24(27(32)33)31(23(22)9-10-30-26)13-14-34-20-5-7-21(8-6-20)35-25-17-28-11-12-29-25/h2-12,15-17H,13-14H2,1H3,(H,32,33). The molecule has 0 bridgehead atoms. The third-order valence-corrected chi connectivity index (χ3v) is 5.51. The molecule has 0 unspecified atom stereocenters. The van der Waals surface area contributed by atoms with Crippen molar-refractivity contribution in [2.75, 3.05) is 6.61 Å². The van der Waals surface area contributed by atoms with Gasteiger partial charge in [0, 0.05) is 29.5 Å². The second kappa shape index (κ2) is 9.64. The number of nitrogens with zero attached hydrogens (tertiary/aromatic N) is 4. The number of benzene rings is 2. The Labute approximate surface area is 201 Å². The first-order chi connectivity index (χ1) is 17.1. The van der Waals surface area contributed by atoms with Gasteiger partial charge >= 0.3 is 5.97 Å². The van der Waals surface area contributed by atoms with E-state index < -0.39 is 5.97 Å². The molecule has 3 aromatic heterocycles. The molecule has 0 saturated carbocycles. The molecule has 0 spiro atoms. The fourth-order valence-electron chi connectivity index (χ4n) is 3.94. The van der Waals surface area contributed by atoms with Gasteiger partial charge < -0.3 is 19.1 Å². The topological polar surface area (TPSA) is 99.4 Å². The number of carbonyl (C=O) groups is 1. The highest BCUT2D eigenvalue weighted by atomic mass is 16.5. The largest absolute Gasteiger partial charge is 0.492 e. The summed E-state index contributed by atoms with van der Waals surface area (Å²) < 4.78 is 13.3. The predicted molar refractivity (Wildman–Crippen MR) is 131 cm³/mol. The molecule has 0 aliphatic heterocycles. The zero-order chi connectivity index (χ0) is 24.2. The Bertz CT molecular complexity index is 1480. The second-order valence-corrected chi connectivity index (χ2v) is 7.91. The van der Waals surface area contributed by atoms with Crippen molar-refractivity contribution in [3.05, 3.63) is 96.7 Å². The summed E-state index contributed by atoms with van der Waals surface area (Å²) in [6.45, 7) is 2.67. The lowest BCUT2D eigenvalue weighted by atomic mass is 10.1. The lowest BCUT2D eigenvalue weighted by Crippen LogP contribution is -2.13. The van der Waals surface area contributed by atoms with Crippen LogP contribution in [0.15, 0.2) is 85.5 Å². The van der Waals surface area contributed by atoms with E-state index in [4.69, 9.17) is 9.47 Å². The van der Waals surface area contributed by atoms with E-state index in [1.807, 2.05) is 37.3 Å². The highest BCUT2D eigenvalue weighted by Gasteiger charge is 2.18. The molecule has 0 fully saturated rings. The number of aromatic nitrogens is 4. The first-order valence-electron chi connectivity index (χ1n) is 11.0. The van der Waals surface area contributed by atoms with Gasteiger partial charge in [0.25, 0.3) is 0 Å². The van der Waals surface area contributed by atoms with E-state index in [1.165, 1.54) is 6.20 Å². The highest BCUT2D eigenvalue weighted by molar-refractivity contribution is 6.00. The molecule has 35 heavy (non-hydrogen) atoms. The molecule has 5 aromatic rings. The van der Waals surface area contributed by atoms with Crippen LogP contribution >= 0.6 is 0 Å². The molecule has 0 amide bonds. The van der Waals surface area contributed by atoms with Gasteiger partial charge in [0.2, 0.25) is 5.88 Å². The molecule has 8 heteroatoms. The van der Waals surface area contributed by atoms with E-state index in [2.05, 4.69) is 15.0 Å². The van der Waals surface area contributed by atoms with Crippen molar-refractivity contribution in [3.8, 4) is 28.6 Å². The van der Waals surface area contributed by atoms with Crippen LogP contribution in [0.25, 0.3) is 22.2 Å². The zero-order valence-electron chi connectivity index (χ0n) is 19.0. The van der Waals surface area contributed by atoms with Gasteiger partial charge in [0.05, 0.1) is 24.0 Å². The molecule has 3 heterocycles. The molecular weight excluding hydrogens is 444 g/mol. The zero-order valence-corrected chi connectivity index (χ0v) is 19.0. The van der Waals surface area contributed by atoms with Gasteiger partial charge in [-0.25, -0.2) is 9.78 Å². The minimum atomic E-state index is -0.998. The first-order valence-corrected chi connectivity index (χ1v) is 11.0. The molecule has 0 aliphatic carbocycles. The summed E-state index contributed by atoms with van der Waals surface area (Å²) >= 11 is 0. The van der Waals surface area contributed by atoms with Crippen LogP contribution in [0.3, 0.4) is 0 Å². The minimum absolute atomic E-state index is 0.193. The van der Waals surface area contributed by atoms with Crippen LogP contribution in [0.4, 0.5) is 0 Å². The number of aryl methyl sites for hydroxylation is 1.